The van der Waals surface area contributed by atoms with Crippen molar-refractivity contribution in [3.63, 3.8) is 0 Å². The lowest BCUT2D eigenvalue weighted by atomic mass is 10.0. The van der Waals surface area contributed by atoms with Gasteiger partial charge in [0, 0.05) is 0 Å². The maximum Gasteiger partial charge on any atom is 0.0799 e. The second kappa shape index (κ2) is 7.46. The van der Waals surface area contributed by atoms with Crippen LogP contribution in [0.5, 0.6) is 0 Å². The smallest absolute Gasteiger partial charge is 0.0799 e. The van der Waals surface area contributed by atoms with Gasteiger partial charge in [-0.15, -0.1) is 0 Å². The minimum Gasteiger partial charge on any atom is -0.391 e. The Morgan fingerprint density at radius 2 is 1.53 bits per heavy atom. The Morgan fingerprint density at radius 1 is 1.00 bits per heavy atom. The molecule has 2 N–H and O–H groups in total. The van der Waals surface area contributed by atoms with Crippen LogP contribution in [0.25, 0.3) is 0 Å². The van der Waals surface area contributed by atoms with Gasteiger partial charge in [0.05, 0.1) is 12.2 Å². The molecule has 0 aliphatic rings. The summed E-state index contributed by atoms with van der Waals surface area (Å²) in [6.45, 7) is 3.82. The fraction of sp³-hybridized carbons (Fsp3) is 0.600. The number of unbranched alkanes of at least 4 members (excludes halogenated alkanes) is 1. The first kappa shape index (κ1) is 14.2. The maximum absolute atomic E-state index is 9.51. The number of hydrogen-bond acceptors (Lipinski definition) is 2. The highest BCUT2D eigenvalue weighted by Crippen LogP contribution is 2.11. The quantitative estimate of drug-likeness (QED) is 0.764. The van der Waals surface area contributed by atoms with Crippen molar-refractivity contribution in [1.29, 1.82) is 0 Å². The number of hydrogen-bond donors (Lipinski definition) is 2. The first-order valence-electron chi connectivity index (χ1n) is 6.57. The van der Waals surface area contributed by atoms with Crippen molar-refractivity contribution in [2.45, 2.75) is 58.2 Å². The first-order valence-corrected chi connectivity index (χ1v) is 6.57. The molecule has 1 rings (SSSR count). The molecule has 0 aliphatic carbocycles. The highest BCUT2D eigenvalue weighted by Gasteiger charge is 2.10. The molecule has 96 valence electrons. The minimum absolute atomic E-state index is 0.616. The van der Waals surface area contributed by atoms with E-state index >= 15 is 0 Å². The molecular formula is C15H24O2. The Kier molecular flexibility index (Phi) is 6.23. The summed E-state index contributed by atoms with van der Waals surface area (Å²) in [5.41, 5.74) is 2.61. The second-order valence-corrected chi connectivity index (χ2v) is 4.77. The van der Waals surface area contributed by atoms with Gasteiger partial charge in [0.1, 0.15) is 0 Å². The van der Waals surface area contributed by atoms with Crippen LogP contribution in [0.1, 0.15) is 44.2 Å². The van der Waals surface area contributed by atoms with Gasteiger partial charge in [-0.1, -0.05) is 37.6 Å². The molecule has 0 saturated carbocycles. The summed E-state index contributed by atoms with van der Waals surface area (Å²) in [6, 6.07) is 8.58. The van der Waals surface area contributed by atoms with E-state index in [0.29, 0.717) is 6.42 Å². The van der Waals surface area contributed by atoms with E-state index in [1.54, 1.807) is 6.92 Å². The van der Waals surface area contributed by atoms with Crippen LogP contribution in [0.15, 0.2) is 24.3 Å². The van der Waals surface area contributed by atoms with E-state index < -0.39 is 12.2 Å². The predicted octanol–water partition coefficient (Wildman–Crippen LogP) is 2.70. The average molecular weight is 236 g/mol. The van der Waals surface area contributed by atoms with Gasteiger partial charge < -0.3 is 10.2 Å². The van der Waals surface area contributed by atoms with Crippen LogP contribution in [0, 0.1) is 0 Å². The topological polar surface area (TPSA) is 40.5 Å². The van der Waals surface area contributed by atoms with E-state index in [1.165, 1.54) is 24.0 Å². The molecular weight excluding hydrogens is 212 g/mol. The van der Waals surface area contributed by atoms with Crippen LogP contribution in [-0.4, -0.2) is 22.4 Å². The first-order chi connectivity index (χ1) is 8.13. The second-order valence-electron chi connectivity index (χ2n) is 4.77. The Labute approximate surface area is 104 Å². The van der Waals surface area contributed by atoms with Crippen LogP contribution < -0.4 is 0 Å². The highest BCUT2D eigenvalue weighted by molar-refractivity contribution is 5.22. The number of aliphatic hydroxyl groups is 2. The Morgan fingerprint density at radius 3 is 2.00 bits per heavy atom. The molecule has 2 heteroatoms. The van der Waals surface area contributed by atoms with Crippen LogP contribution in [0.4, 0.5) is 0 Å². The maximum atomic E-state index is 9.51. The normalized spacial score (nSPS) is 14.6. The lowest BCUT2D eigenvalue weighted by Crippen LogP contribution is -2.22. The molecule has 2 unspecified atom stereocenters. The van der Waals surface area contributed by atoms with Crippen molar-refractivity contribution in [2.75, 3.05) is 0 Å². The molecule has 0 heterocycles. The molecule has 17 heavy (non-hydrogen) atoms. The standard InChI is InChI=1S/C15H24O2/c1-3-4-5-13-6-8-14(9-7-13)10-11-15(17)12(2)16/h6-9,12,15-17H,3-5,10-11H2,1-2H3. The van der Waals surface area contributed by atoms with E-state index in [-0.39, 0.29) is 0 Å². The molecule has 0 bridgehead atoms. The van der Waals surface area contributed by atoms with Gasteiger partial charge in [-0.25, -0.2) is 0 Å². The molecule has 2 atom stereocenters. The average Bonchev–Trinajstić information content (AvgIpc) is 2.34. The monoisotopic (exact) mass is 236 g/mol. The summed E-state index contributed by atoms with van der Waals surface area (Å²) >= 11 is 0. The number of rotatable bonds is 7. The number of aryl methyl sites for hydroxylation is 2. The number of aliphatic hydroxyl groups excluding tert-OH is 2. The third-order valence-corrected chi connectivity index (χ3v) is 3.13. The highest BCUT2D eigenvalue weighted by atomic mass is 16.3. The molecule has 1 aromatic carbocycles. The van der Waals surface area contributed by atoms with E-state index in [2.05, 4.69) is 31.2 Å². The summed E-state index contributed by atoms with van der Waals surface area (Å²) in [4.78, 5) is 0. The molecule has 1 aromatic rings. The Balaban J connectivity index is 2.40. The zero-order valence-electron chi connectivity index (χ0n) is 10.9. The fourth-order valence-corrected chi connectivity index (χ4v) is 1.81. The summed E-state index contributed by atoms with van der Waals surface area (Å²) in [5, 5.41) is 18.7. The van der Waals surface area contributed by atoms with Gasteiger partial charge in [0.25, 0.3) is 0 Å². The largest absolute Gasteiger partial charge is 0.391 e. The van der Waals surface area contributed by atoms with Gasteiger partial charge in [-0.05, 0) is 43.7 Å². The van der Waals surface area contributed by atoms with Gasteiger partial charge in [0.2, 0.25) is 0 Å². The van der Waals surface area contributed by atoms with Crippen molar-refractivity contribution in [3.05, 3.63) is 35.4 Å². The molecule has 0 aliphatic heterocycles. The molecule has 0 amide bonds. The van der Waals surface area contributed by atoms with E-state index in [4.69, 9.17) is 0 Å². The van der Waals surface area contributed by atoms with Crippen molar-refractivity contribution < 1.29 is 10.2 Å². The lowest BCUT2D eigenvalue weighted by Gasteiger charge is -2.13. The van der Waals surface area contributed by atoms with Gasteiger partial charge in [-0.3, -0.25) is 0 Å². The van der Waals surface area contributed by atoms with Crippen LogP contribution in [0.2, 0.25) is 0 Å². The summed E-state index contributed by atoms with van der Waals surface area (Å²) in [5.74, 6) is 0. The summed E-state index contributed by atoms with van der Waals surface area (Å²) in [7, 11) is 0. The molecule has 0 saturated heterocycles. The lowest BCUT2D eigenvalue weighted by molar-refractivity contribution is 0.0265. The van der Waals surface area contributed by atoms with Crippen LogP contribution in [0.3, 0.4) is 0 Å². The minimum atomic E-state index is -0.640. The van der Waals surface area contributed by atoms with E-state index in [9.17, 15) is 10.2 Å². The third kappa shape index (κ3) is 5.33. The van der Waals surface area contributed by atoms with Crippen LogP contribution >= 0.6 is 0 Å². The zero-order valence-corrected chi connectivity index (χ0v) is 10.9. The van der Waals surface area contributed by atoms with Crippen molar-refractivity contribution in [1.82, 2.24) is 0 Å². The van der Waals surface area contributed by atoms with Crippen molar-refractivity contribution in [3.8, 4) is 0 Å². The summed E-state index contributed by atoms with van der Waals surface area (Å²) in [6.07, 6.45) is 3.79. The molecule has 0 spiro atoms. The van der Waals surface area contributed by atoms with Gasteiger partial charge >= 0.3 is 0 Å². The van der Waals surface area contributed by atoms with Gasteiger partial charge in [-0.2, -0.15) is 0 Å². The van der Waals surface area contributed by atoms with Gasteiger partial charge in [0.15, 0.2) is 0 Å². The van der Waals surface area contributed by atoms with E-state index in [0.717, 1.165) is 12.8 Å². The van der Waals surface area contributed by atoms with Crippen molar-refractivity contribution >= 4 is 0 Å². The Hall–Kier alpha value is -0.860. The molecule has 0 fully saturated rings. The van der Waals surface area contributed by atoms with Crippen LogP contribution in [-0.2, 0) is 12.8 Å². The number of benzene rings is 1. The predicted molar refractivity (Wildman–Crippen MR) is 71.1 cm³/mol. The molecule has 0 radical (unpaired) electrons. The summed E-state index contributed by atoms with van der Waals surface area (Å²) < 4.78 is 0. The van der Waals surface area contributed by atoms with E-state index in [1.807, 2.05) is 0 Å². The molecule has 2 nitrogen and oxygen atoms in total. The zero-order chi connectivity index (χ0) is 12.7. The molecule has 0 aromatic heterocycles. The third-order valence-electron chi connectivity index (χ3n) is 3.13. The fourth-order valence-electron chi connectivity index (χ4n) is 1.81. The SMILES string of the molecule is CCCCc1ccc(CCC(O)C(C)O)cc1. The Bertz CT molecular complexity index is 303. The van der Waals surface area contributed by atoms with Crippen molar-refractivity contribution in [2.24, 2.45) is 0 Å².